The van der Waals surface area contributed by atoms with E-state index >= 15 is 0 Å². The Morgan fingerprint density at radius 2 is 2.06 bits per heavy atom. The molecule has 1 aromatic carbocycles. The summed E-state index contributed by atoms with van der Waals surface area (Å²) in [4.78, 5) is 15.4. The first kappa shape index (κ1) is 11.7. The first-order valence-electron chi connectivity index (χ1n) is 4.78. The number of benzene rings is 1. The Bertz CT molecular complexity index is 508. The highest BCUT2D eigenvalue weighted by Crippen LogP contribution is 2.18. The number of nitrogens with zero attached hydrogens (tertiary/aromatic N) is 1. The molecule has 0 fully saturated rings. The molecule has 0 spiro atoms. The van der Waals surface area contributed by atoms with Crippen molar-refractivity contribution in [3.63, 3.8) is 0 Å². The van der Waals surface area contributed by atoms with E-state index in [0.717, 1.165) is 12.1 Å². The first-order chi connectivity index (χ1) is 8.16. The molecule has 1 amide bonds. The van der Waals surface area contributed by atoms with Crippen LogP contribution < -0.4 is 5.32 Å². The van der Waals surface area contributed by atoms with Gasteiger partial charge in [-0.15, -0.1) is 11.3 Å². The highest BCUT2D eigenvalue weighted by atomic mass is 32.1. The minimum atomic E-state index is -0.795. The van der Waals surface area contributed by atoms with E-state index in [-0.39, 0.29) is 6.42 Å². The summed E-state index contributed by atoms with van der Waals surface area (Å²) in [6.07, 6.45) is -0.00270. The van der Waals surface area contributed by atoms with Gasteiger partial charge in [-0.2, -0.15) is 0 Å². The van der Waals surface area contributed by atoms with Crippen LogP contribution in [0, 0.1) is 11.6 Å². The van der Waals surface area contributed by atoms with Crippen LogP contribution in [0.1, 0.15) is 5.69 Å². The average molecular weight is 254 g/mol. The van der Waals surface area contributed by atoms with Crippen molar-refractivity contribution in [2.45, 2.75) is 6.42 Å². The topological polar surface area (TPSA) is 42.0 Å². The number of carbonyl (C=O) groups is 1. The van der Waals surface area contributed by atoms with Crippen molar-refractivity contribution >= 4 is 22.9 Å². The van der Waals surface area contributed by atoms with E-state index in [1.165, 1.54) is 17.4 Å². The number of amides is 1. The monoisotopic (exact) mass is 254 g/mol. The molecular formula is C11H8F2N2OS. The van der Waals surface area contributed by atoms with E-state index in [0.29, 0.717) is 5.69 Å². The van der Waals surface area contributed by atoms with Crippen LogP contribution >= 0.6 is 11.3 Å². The maximum atomic E-state index is 13.2. The Kier molecular flexibility index (Phi) is 3.43. The Hall–Kier alpha value is -1.82. The Labute approximate surface area is 100 Å². The van der Waals surface area contributed by atoms with E-state index < -0.39 is 23.2 Å². The second-order valence-electron chi connectivity index (χ2n) is 3.30. The van der Waals surface area contributed by atoms with Crippen molar-refractivity contribution in [2.75, 3.05) is 5.32 Å². The summed E-state index contributed by atoms with van der Waals surface area (Å²) in [5.41, 5.74) is 1.74. The Balaban J connectivity index is 2.08. The summed E-state index contributed by atoms with van der Waals surface area (Å²) < 4.78 is 26.4. The van der Waals surface area contributed by atoms with Crippen LogP contribution in [0.3, 0.4) is 0 Å². The number of halogens is 2. The second kappa shape index (κ2) is 5.01. The van der Waals surface area contributed by atoms with Crippen molar-refractivity contribution < 1.29 is 13.6 Å². The third-order valence-electron chi connectivity index (χ3n) is 2.05. The summed E-state index contributed by atoms with van der Waals surface area (Å²) in [5, 5.41) is 3.90. The summed E-state index contributed by atoms with van der Waals surface area (Å²) in [7, 11) is 0. The van der Waals surface area contributed by atoms with Crippen LogP contribution in [-0.2, 0) is 11.2 Å². The lowest BCUT2D eigenvalue weighted by atomic mass is 10.2. The molecule has 0 aliphatic carbocycles. The molecule has 0 radical (unpaired) electrons. The van der Waals surface area contributed by atoms with Crippen LogP contribution in [0.15, 0.2) is 29.1 Å². The largest absolute Gasteiger partial charge is 0.321 e. The molecule has 2 aromatic rings. The number of nitrogens with one attached hydrogen (secondary N) is 1. The molecule has 0 bridgehead atoms. The summed E-state index contributed by atoms with van der Waals surface area (Å²) in [6.45, 7) is 0. The molecule has 0 saturated heterocycles. The molecule has 0 aliphatic rings. The number of anilines is 1. The van der Waals surface area contributed by atoms with Crippen molar-refractivity contribution in [1.29, 1.82) is 0 Å². The molecule has 0 unspecified atom stereocenters. The molecule has 1 heterocycles. The molecule has 17 heavy (non-hydrogen) atoms. The summed E-state index contributed by atoms with van der Waals surface area (Å²) in [5.74, 6) is -2.09. The lowest BCUT2D eigenvalue weighted by molar-refractivity contribution is -0.115. The maximum Gasteiger partial charge on any atom is 0.230 e. The van der Waals surface area contributed by atoms with Crippen molar-refractivity contribution in [3.05, 3.63) is 46.4 Å². The Morgan fingerprint density at radius 3 is 2.65 bits per heavy atom. The number of carbonyl (C=O) groups excluding carboxylic acids is 1. The molecule has 0 aliphatic heterocycles. The lowest BCUT2D eigenvalue weighted by Gasteiger charge is -2.06. The van der Waals surface area contributed by atoms with Gasteiger partial charge < -0.3 is 5.32 Å². The highest BCUT2D eigenvalue weighted by molar-refractivity contribution is 7.07. The number of hydrogen-bond acceptors (Lipinski definition) is 3. The maximum absolute atomic E-state index is 13.2. The van der Waals surface area contributed by atoms with Gasteiger partial charge in [-0.05, 0) is 12.1 Å². The lowest BCUT2D eigenvalue weighted by Crippen LogP contribution is -2.16. The summed E-state index contributed by atoms with van der Waals surface area (Å²) in [6, 6.07) is 3.41. The zero-order chi connectivity index (χ0) is 12.3. The van der Waals surface area contributed by atoms with E-state index in [9.17, 15) is 13.6 Å². The van der Waals surface area contributed by atoms with Gasteiger partial charge in [-0.3, -0.25) is 4.79 Å². The highest BCUT2D eigenvalue weighted by Gasteiger charge is 2.12. The van der Waals surface area contributed by atoms with Crippen LogP contribution in [0.25, 0.3) is 0 Å². The zero-order valence-corrected chi connectivity index (χ0v) is 9.43. The molecule has 2 rings (SSSR count). The molecule has 1 N–H and O–H groups in total. The van der Waals surface area contributed by atoms with Crippen molar-refractivity contribution in [2.24, 2.45) is 0 Å². The quantitative estimate of drug-likeness (QED) is 0.914. The minimum Gasteiger partial charge on any atom is -0.321 e. The molecule has 6 heteroatoms. The second-order valence-corrected chi connectivity index (χ2v) is 4.02. The number of para-hydroxylation sites is 1. The first-order valence-corrected chi connectivity index (χ1v) is 5.72. The van der Waals surface area contributed by atoms with Gasteiger partial charge in [0.05, 0.1) is 17.6 Å². The molecule has 88 valence electrons. The number of thiazole rings is 1. The van der Waals surface area contributed by atoms with E-state index in [1.54, 1.807) is 10.9 Å². The molecular weight excluding hydrogens is 246 g/mol. The number of rotatable bonds is 3. The fraction of sp³-hybridized carbons (Fsp3) is 0.0909. The third kappa shape index (κ3) is 2.85. The van der Waals surface area contributed by atoms with Crippen LogP contribution in [0.2, 0.25) is 0 Å². The minimum absolute atomic E-state index is 0.00270. The van der Waals surface area contributed by atoms with Gasteiger partial charge in [-0.1, -0.05) is 6.07 Å². The normalized spacial score (nSPS) is 10.2. The van der Waals surface area contributed by atoms with Gasteiger partial charge in [0, 0.05) is 5.38 Å². The van der Waals surface area contributed by atoms with Gasteiger partial charge >= 0.3 is 0 Å². The van der Waals surface area contributed by atoms with Crippen LogP contribution in [0.5, 0.6) is 0 Å². The SMILES string of the molecule is O=C(Cc1cscn1)Nc1c(F)cccc1F. The fourth-order valence-corrected chi connectivity index (χ4v) is 1.85. The average Bonchev–Trinajstić information content (AvgIpc) is 2.76. The molecule has 1 aromatic heterocycles. The van der Waals surface area contributed by atoms with Gasteiger partial charge in [0.15, 0.2) is 0 Å². The predicted octanol–water partition coefficient (Wildman–Crippen LogP) is 2.60. The predicted molar refractivity (Wildman–Crippen MR) is 60.8 cm³/mol. The van der Waals surface area contributed by atoms with Crippen LogP contribution in [-0.4, -0.2) is 10.9 Å². The summed E-state index contributed by atoms with van der Waals surface area (Å²) >= 11 is 1.35. The zero-order valence-electron chi connectivity index (χ0n) is 8.61. The van der Waals surface area contributed by atoms with Gasteiger partial charge in [0.1, 0.15) is 17.3 Å². The van der Waals surface area contributed by atoms with Gasteiger partial charge in [0.2, 0.25) is 5.91 Å². The number of aromatic nitrogens is 1. The number of hydrogen-bond donors (Lipinski definition) is 1. The van der Waals surface area contributed by atoms with Crippen molar-refractivity contribution in [1.82, 2.24) is 4.98 Å². The third-order valence-corrected chi connectivity index (χ3v) is 2.69. The van der Waals surface area contributed by atoms with Gasteiger partial charge in [-0.25, -0.2) is 13.8 Å². The Morgan fingerprint density at radius 1 is 1.35 bits per heavy atom. The smallest absolute Gasteiger partial charge is 0.230 e. The van der Waals surface area contributed by atoms with Crippen LogP contribution in [0.4, 0.5) is 14.5 Å². The van der Waals surface area contributed by atoms with E-state index in [1.807, 2.05) is 0 Å². The molecule has 3 nitrogen and oxygen atoms in total. The van der Waals surface area contributed by atoms with E-state index in [2.05, 4.69) is 10.3 Å². The standard InChI is InChI=1S/C11H8F2N2OS/c12-8-2-1-3-9(13)11(8)15-10(16)4-7-5-17-6-14-7/h1-3,5-6H,4H2,(H,15,16). The molecule has 0 atom stereocenters. The molecule has 0 saturated carbocycles. The van der Waals surface area contributed by atoms with E-state index in [4.69, 9.17) is 0 Å². The van der Waals surface area contributed by atoms with Crippen molar-refractivity contribution in [3.8, 4) is 0 Å². The fourth-order valence-electron chi connectivity index (χ4n) is 1.29. The van der Waals surface area contributed by atoms with Gasteiger partial charge in [0.25, 0.3) is 0 Å².